The highest BCUT2D eigenvalue weighted by atomic mass is 16.6. The molecule has 0 saturated carbocycles. The third kappa shape index (κ3) is 2.57. The predicted octanol–water partition coefficient (Wildman–Crippen LogP) is -0.606. The molecular weight excluding hydrogens is 172 g/mol. The summed E-state index contributed by atoms with van der Waals surface area (Å²) in [7, 11) is 0. The zero-order valence-corrected chi connectivity index (χ0v) is 7.77. The molecule has 5 heteroatoms. The number of aliphatic hydroxyl groups is 1. The van der Waals surface area contributed by atoms with Crippen LogP contribution in [0, 0.1) is 5.92 Å². The summed E-state index contributed by atoms with van der Waals surface area (Å²) in [5.74, 6) is 0.0871. The second-order valence-electron chi connectivity index (χ2n) is 3.43. The van der Waals surface area contributed by atoms with Gasteiger partial charge in [-0.2, -0.15) is 0 Å². The number of nitrogens with zero attached hydrogens (tertiary/aromatic N) is 1. The van der Waals surface area contributed by atoms with E-state index in [1.807, 2.05) is 6.92 Å². The number of nitrogens with two attached hydrogens (primary N) is 1. The molecule has 1 amide bonds. The smallest absolute Gasteiger partial charge is 0.410 e. The Morgan fingerprint density at radius 2 is 2.54 bits per heavy atom. The lowest BCUT2D eigenvalue weighted by Gasteiger charge is -2.16. The molecule has 1 rings (SSSR count). The van der Waals surface area contributed by atoms with Crippen LogP contribution in [0.15, 0.2) is 0 Å². The Kier molecular flexibility index (Phi) is 3.50. The predicted molar refractivity (Wildman–Crippen MR) is 47.1 cm³/mol. The van der Waals surface area contributed by atoms with Crippen LogP contribution < -0.4 is 5.73 Å². The normalized spacial score (nSPS) is 24.7. The largest absolute Gasteiger partial charge is 0.443 e. The molecule has 76 valence electrons. The maximum absolute atomic E-state index is 11.2. The first kappa shape index (κ1) is 10.3. The third-order valence-corrected chi connectivity index (χ3v) is 2.06. The summed E-state index contributed by atoms with van der Waals surface area (Å²) in [6.07, 6.45) is -0.505. The lowest BCUT2D eigenvalue weighted by molar-refractivity contribution is 0.130. The van der Waals surface area contributed by atoms with E-state index in [4.69, 9.17) is 15.6 Å². The summed E-state index contributed by atoms with van der Waals surface area (Å²) < 4.78 is 4.95. The van der Waals surface area contributed by atoms with Crippen LogP contribution in [0.3, 0.4) is 0 Å². The van der Waals surface area contributed by atoms with E-state index >= 15 is 0 Å². The van der Waals surface area contributed by atoms with Crippen molar-refractivity contribution < 1.29 is 14.6 Å². The van der Waals surface area contributed by atoms with Crippen molar-refractivity contribution in [1.29, 1.82) is 0 Å². The first-order valence-corrected chi connectivity index (χ1v) is 4.43. The molecule has 2 atom stereocenters. The molecule has 2 unspecified atom stereocenters. The summed E-state index contributed by atoms with van der Waals surface area (Å²) in [6.45, 7) is 3.39. The van der Waals surface area contributed by atoms with Crippen molar-refractivity contribution in [2.45, 2.75) is 13.0 Å². The molecule has 5 nitrogen and oxygen atoms in total. The minimum atomic E-state index is -0.323. The molecular formula is C8H16N2O3. The molecule has 0 bridgehead atoms. The van der Waals surface area contributed by atoms with Crippen LogP contribution in [-0.2, 0) is 4.74 Å². The van der Waals surface area contributed by atoms with Gasteiger partial charge in [0.2, 0.25) is 0 Å². The minimum Gasteiger partial charge on any atom is -0.443 e. The monoisotopic (exact) mass is 188 g/mol. The van der Waals surface area contributed by atoms with Crippen LogP contribution in [0.1, 0.15) is 6.92 Å². The Balaban J connectivity index is 2.39. The second-order valence-corrected chi connectivity index (χ2v) is 3.43. The van der Waals surface area contributed by atoms with Gasteiger partial charge in [-0.15, -0.1) is 0 Å². The van der Waals surface area contributed by atoms with E-state index in [2.05, 4.69) is 0 Å². The Morgan fingerprint density at radius 1 is 1.85 bits per heavy atom. The van der Waals surface area contributed by atoms with Gasteiger partial charge in [0.1, 0.15) is 6.10 Å². The molecule has 0 spiro atoms. The molecule has 1 saturated heterocycles. The summed E-state index contributed by atoms with van der Waals surface area (Å²) in [6, 6.07) is 0. The molecule has 1 aliphatic heterocycles. The van der Waals surface area contributed by atoms with Crippen LogP contribution >= 0.6 is 0 Å². The zero-order chi connectivity index (χ0) is 9.84. The van der Waals surface area contributed by atoms with Gasteiger partial charge in [-0.3, -0.25) is 0 Å². The summed E-state index contributed by atoms with van der Waals surface area (Å²) >= 11 is 0. The average Bonchev–Trinajstić information content (AvgIpc) is 2.47. The second kappa shape index (κ2) is 4.43. The molecule has 0 aromatic rings. The molecule has 0 radical (unpaired) electrons. The van der Waals surface area contributed by atoms with Crippen molar-refractivity contribution >= 4 is 6.09 Å². The van der Waals surface area contributed by atoms with Crippen molar-refractivity contribution in [2.75, 3.05) is 26.2 Å². The Morgan fingerprint density at radius 3 is 3.00 bits per heavy atom. The van der Waals surface area contributed by atoms with Crippen LogP contribution in [0.4, 0.5) is 4.79 Å². The van der Waals surface area contributed by atoms with Crippen LogP contribution in [0.25, 0.3) is 0 Å². The fourth-order valence-electron chi connectivity index (χ4n) is 1.28. The topological polar surface area (TPSA) is 75.8 Å². The van der Waals surface area contributed by atoms with Gasteiger partial charge in [0.05, 0.1) is 6.54 Å². The molecule has 0 aromatic heterocycles. The number of amides is 1. The molecule has 3 N–H and O–H groups in total. The lowest BCUT2D eigenvalue weighted by Crippen LogP contribution is -2.32. The number of cyclic esters (lactones) is 1. The van der Waals surface area contributed by atoms with E-state index in [0.29, 0.717) is 19.6 Å². The van der Waals surface area contributed by atoms with Crippen molar-refractivity contribution in [1.82, 2.24) is 4.90 Å². The Bertz CT molecular complexity index is 186. The molecule has 1 aliphatic rings. The van der Waals surface area contributed by atoms with Crippen molar-refractivity contribution in [3.8, 4) is 0 Å². The van der Waals surface area contributed by atoms with Crippen molar-refractivity contribution in [3.05, 3.63) is 0 Å². The van der Waals surface area contributed by atoms with E-state index in [9.17, 15) is 4.79 Å². The van der Waals surface area contributed by atoms with Gasteiger partial charge < -0.3 is 20.5 Å². The number of ether oxygens (including phenoxy) is 1. The van der Waals surface area contributed by atoms with Gasteiger partial charge in [-0.25, -0.2) is 4.79 Å². The minimum absolute atomic E-state index is 0.0804. The lowest BCUT2D eigenvalue weighted by atomic mass is 10.2. The summed E-state index contributed by atoms with van der Waals surface area (Å²) in [5.41, 5.74) is 5.37. The Labute approximate surface area is 77.5 Å². The Hall–Kier alpha value is -0.810. The number of aliphatic hydroxyl groups excluding tert-OH is 1. The highest BCUT2D eigenvalue weighted by molar-refractivity contribution is 5.69. The zero-order valence-electron chi connectivity index (χ0n) is 7.77. The van der Waals surface area contributed by atoms with Gasteiger partial charge >= 0.3 is 6.09 Å². The van der Waals surface area contributed by atoms with Crippen LogP contribution in [-0.4, -0.2) is 48.4 Å². The number of rotatable bonds is 4. The first-order chi connectivity index (χ1) is 6.17. The van der Waals surface area contributed by atoms with E-state index < -0.39 is 0 Å². The number of hydrogen-bond donors (Lipinski definition) is 2. The highest BCUT2D eigenvalue weighted by Crippen LogP contribution is 2.12. The van der Waals surface area contributed by atoms with Crippen molar-refractivity contribution in [3.63, 3.8) is 0 Å². The van der Waals surface area contributed by atoms with E-state index in [1.54, 1.807) is 4.90 Å². The molecule has 1 heterocycles. The van der Waals surface area contributed by atoms with E-state index in [-0.39, 0.29) is 24.7 Å². The SMILES string of the molecule is CC(CO)CN1CC(CN)OC1=O. The average molecular weight is 188 g/mol. The van der Waals surface area contributed by atoms with Crippen LogP contribution in [0.5, 0.6) is 0 Å². The van der Waals surface area contributed by atoms with Crippen LogP contribution in [0.2, 0.25) is 0 Å². The molecule has 0 aliphatic carbocycles. The van der Waals surface area contributed by atoms with E-state index in [0.717, 1.165) is 0 Å². The number of hydrogen-bond acceptors (Lipinski definition) is 4. The number of carbonyl (C=O) groups excluding carboxylic acids is 1. The van der Waals surface area contributed by atoms with Gasteiger partial charge in [0.15, 0.2) is 0 Å². The maximum atomic E-state index is 11.2. The van der Waals surface area contributed by atoms with Gasteiger partial charge in [-0.1, -0.05) is 6.92 Å². The standard InChI is InChI=1S/C8H16N2O3/c1-6(5-11)3-10-4-7(2-9)13-8(10)12/h6-7,11H,2-5,9H2,1H3. The fourth-order valence-corrected chi connectivity index (χ4v) is 1.28. The number of carbonyl (C=O) groups is 1. The quantitative estimate of drug-likeness (QED) is 0.617. The van der Waals surface area contributed by atoms with Gasteiger partial charge in [0, 0.05) is 19.7 Å². The summed E-state index contributed by atoms with van der Waals surface area (Å²) in [5, 5.41) is 8.80. The third-order valence-electron chi connectivity index (χ3n) is 2.06. The first-order valence-electron chi connectivity index (χ1n) is 4.43. The highest BCUT2D eigenvalue weighted by Gasteiger charge is 2.30. The van der Waals surface area contributed by atoms with Gasteiger partial charge in [0.25, 0.3) is 0 Å². The molecule has 1 fully saturated rings. The summed E-state index contributed by atoms with van der Waals surface area (Å²) in [4.78, 5) is 12.7. The molecule has 13 heavy (non-hydrogen) atoms. The maximum Gasteiger partial charge on any atom is 0.410 e. The van der Waals surface area contributed by atoms with Gasteiger partial charge in [-0.05, 0) is 5.92 Å². The van der Waals surface area contributed by atoms with E-state index in [1.165, 1.54) is 0 Å². The fraction of sp³-hybridized carbons (Fsp3) is 0.875. The molecule has 0 aromatic carbocycles. The van der Waals surface area contributed by atoms with Crippen molar-refractivity contribution in [2.24, 2.45) is 11.7 Å².